The summed E-state index contributed by atoms with van der Waals surface area (Å²) >= 11 is 6.29. The number of pyridine rings is 1. The Labute approximate surface area is 194 Å². The molecular weight excluding hydrogens is 481 g/mol. The number of ether oxygens (including phenoxy) is 1. The van der Waals surface area contributed by atoms with E-state index >= 15 is 0 Å². The van der Waals surface area contributed by atoms with Gasteiger partial charge in [0.15, 0.2) is 0 Å². The van der Waals surface area contributed by atoms with E-state index in [0.717, 1.165) is 26.8 Å². The summed E-state index contributed by atoms with van der Waals surface area (Å²) in [6, 6.07) is 17.0. The monoisotopic (exact) mass is 496 g/mol. The lowest BCUT2D eigenvalue weighted by Gasteiger charge is -2.09. The Morgan fingerprint density at radius 1 is 1.21 bits per heavy atom. The molecule has 2 aromatic carbocycles. The molecule has 0 saturated carbocycles. The van der Waals surface area contributed by atoms with Crippen molar-refractivity contribution in [3.05, 3.63) is 75.9 Å². The topological polar surface area (TPSA) is 119 Å². The van der Waals surface area contributed by atoms with Crippen LogP contribution in [0, 0.1) is 0 Å². The number of para-hydroxylation sites is 1. The van der Waals surface area contributed by atoms with Crippen LogP contribution in [0.3, 0.4) is 0 Å². The normalized spacial score (nSPS) is 11.0. The van der Waals surface area contributed by atoms with Crippen molar-refractivity contribution in [2.75, 3.05) is 12.4 Å². The molecule has 178 valence electrons. The van der Waals surface area contributed by atoms with E-state index in [0.29, 0.717) is 17.4 Å². The number of hydrogen-bond acceptors (Lipinski definition) is 7. The van der Waals surface area contributed by atoms with Crippen molar-refractivity contribution >= 4 is 34.2 Å². The number of nitrogens with zero attached hydrogens (tertiary/aromatic N) is 3. The quantitative estimate of drug-likeness (QED) is 0.393. The number of carboxylic acid groups (broad SMARTS) is 1. The summed E-state index contributed by atoms with van der Waals surface area (Å²) in [6.45, 7) is 0.522. The zero-order valence-corrected chi connectivity index (χ0v) is 18.1. The molecule has 13 heteroatoms. The molecule has 0 unspecified atom stereocenters. The summed E-state index contributed by atoms with van der Waals surface area (Å²) in [5.74, 6) is -3.37. The molecule has 0 fully saturated rings. The lowest BCUT2D eigenvalue weighted by atomic mass is 10.1. The van der Waals surface area contributed by atoms with Gasteiger partial charge in [-0.05, 0) is 36.4 Å². The van der Waals surface area contributed by atoms with Gasteiger partial charge in [0, 0.05) is 23.2 Å². The Morgan fingerprint density at radius 3 is 2.44 bits per heavy atom. The van der Waals surface area contributed by atoms with Crippen LogP contribution in [-0.4, -0.2) is 39.1 Å². The first-order valence-corrected chi connectivity index (χ1v) is 9.79. The van der Waals surface area contributed by atoms with E-state index in [4.69, 9.17) is 30.7 Å². The predicted octanol–water partition coefficient (Wildman–Crippen LogP) is 4.28. The Kier molecular flexibility index (Phi) is 7.41. The van der Waals surface area contributed by atoms with Gasteiger partial charge >= 0.3 is 24.0 Å². The molecule has 0 amide bonds. The van der Waals surface area contributed by atoms with Crippen LogP contribution in [0.25, 0.3) is 16.6 Å². The van der Waals surface area contributed by atoms with Gasteiger partial charge in [-0.15, -0.1) is 0 Å². The Morgan fingerprint density at radius 2 is 1.85 bits per heavy atom. The number of fused-ring (bicyclic) bond motifs is 1. The van der Waals surface area contributed by atoms with Crippen molar-refractivity contribution in [1.29, 1.82) is 0 Å². The molecule has 2 aromatic heterocycles. The highest BCUT2D eigenvalue weighted by Crippen LogP contribution is 2.22. The molecule has 0 spiro atoms. The van der Waals surface area contributed by atoms with Crippen LogP contribution >= 0.6 is 11.6 Å². The second kappa shape index (κ2) is 10.3. The van der Waals surface area contributed by atoms with E-state index in [1.54, 1.807) is 12.1 Å². The van der Waals surface area contributed by atoms with E-state index < -0.39 is 17.9 Å². The molecular formula is C21H16ClF3N4O5. The highest BCUT2D eigenvalue weighted by molar-refractivity contribution is 6.30. The molecule has 2 heterocycles. The third-order valence-corrected chi connectivity index (χ3v) is 4.62. The Bertz CT molecular complexity index is 1350. The first kappa shape index (κ1) is 24.6. The molecule has 0 aliphatic carbocycles. The third kappa shape index (κ3) is 6.04. The molecule has 2 N–H and O–H groups in total. The summed E-state index contributed by atoms with van der Waals surface area (Å²) in [5.41, 5.74) is 3.20. The Hall–Kier alpha value is -4.06. The molecule has 0 bridgehead atoms. The predicted molar refractivity (Wildman–Crippen MR) is 116 cm³/mol. The van der Waals surface area contributed by atoms with Gasteiger partial charge < -0.3 is 19.6 Å². The minimum absolute atomic E-state index is 0.0827. The minimum Gasteiger partial charge on any atom is -0.475 e. The van der Waals surface area contributed by atoms with Crippen molar-refractivity contribution < 1.29 is 32.2 Å². The molecule has 0 saturated heterocycles. The lowest BCUT2D eigenvalue weighted by Crippen LogP contribution is -2.21. The number of anilines is 1. The van der Waals surface area contributed by atoms with Crippen molar-refractivity contribution in [3.8, 4) is 11.8 Å². The molecule has 0 aliphatic rings. The lowest BCUT2D eigenvalue weighted by molar-refractivity contribution is -0.192. The van der Waals surface area contributed by atoms with Gasteiger partial charge in [0.1, 0.15) is 5.15 Å². The molecule has 4 rings (SSSR count). The van der Waals surface area contributed by atoms with E-state index in [1.807, 2.05) is 42.5 Å². The Balaban J connectivity index is 0.000000406. The molecule has 0 atom stereocenters. The van der Waals surface area contributed by atoms with Crippen molar-refractivity contribution in [3.63, 3.8) is 0 Å². The summed E-state index contributed by atoms with van der Waals surface area (Å²) in [4.78, 5) is 25.1. The van der Waals surface area contributed by atoms with E-state index in [2.05, 4.69) is 15.4 Å². The van der Waals surface area contributed by atoms with Gasteiger partial charge in [-0.1, -0.05) is 34.9 Å². The minimum atomic E-state index is -5.08. The van der Waals surface area contributed by atoms with Gasteiger partial charge in [-0.25, -0.2) is 14.6 Å². The fourth-order valence-corrected chi connectivity index (χ4v) is 2.90. The first-order chi connectivity index (χ1) is 16.1. The molecule has 0 aliphatic heterocycles. The van der Waals surface area contributed by atoms with Gasteiger partial charge in [0.2, 0.25) is 0 Å². The van der Waals surface area contributed by atoms with Crippen LogP contribution in [0.1, 0.15) is 5.56 Å². The number of nitrogens with one attached hydrogen (secondary N) is 1. The molecule has 9 nitrogen and oxygen atoms in total. The third-order valence-electron chi connectivity index (χ3n) is 4.29. The number of aromatic nitrogens is 3. The largest absolute Gasteiger partial charge is 0.490 e. The van der Waals surface area contributed by atoms with Crippen LogP contribution in [0.4, 0.5) is 18.9 Å². The number of hydrogen-bond donors (Lipinski definition) is 2. The van der Waals surface area contributed by atoms with Crippen LogP contribution in [0.15, 0.2) is 63.8 Å². The van der Waals surface area contributed by atoms with Crippen LogP contribution in [0.5, 0.6) is 6.08 Å². The van der Waals surface area contributed by atoms with Crippen LogP contribution in [0.2, 0.25) is 5.15 Å². The number of benzene rings is 2. The highest BCUT2D eigenvalue weighted by atomic mass is 35.5. The number of carbonyl (C=O) groups is 1. The van der Waals surface area contributed by atoms with Gasteiger partial charge in [-0.2, -0.15) is 17.9 Å². The number of carboxylic acids is 1. The number of methoxy groups -OCH3 is 1. The van der Waals surface area contributed by atoms with Gasteiger partial charge in [0.05, 0.1) is 18.3 Å². The number of aliphatic carboxylic acids is 1. The molecule has 34 heavy (non-hydrogen) atoms. The average molecular weight is 497 g/mol. The van der Waals surface area contributed by atoms with Crippen molar-refractivity contribution in [2.45, 2.75) is 12.7 Å². The summed E-state index contributed by atoms with van der Waals surface area (Å²) in [7, 11) is 1.38. The van der Waals surface area contributed by atoms with E-state index in [1.165, 1.54) is 7.11 Å². The second-order valence-corrected chi connectivity index (χ2v) is 6.94. The maximum Gasteiger partial charge on any atom is 0.490 e. The smallest absolute Gasteiger partial charge is 0.475 e. The summed E-state index contributed by atoms with van der Waals surface area (Å²) in [5, 5.41) is 15.9. The molecule has 0 radical (unpaired) electrons. The van der Waals surface area contributed by atoms with Gasteiger partial charge in [-0.3, -0.25) is 0 Å². The number of halogens is 4. The maximum atomic E-state index is 11.8. The molecule has 4 aromatic rings. The number of alkyl halides is 3. The average Bonchev–Trinajstić information content (AvgIpc) is 3.18. The SMILES string of the molecule is COc1nn(-c2ccc(NCc3cc4ccccc4nc3Cl)cc2)c(=O)o1.O=C(O)C(F)(F)F. The van der Waals surface area contributed by atoms with E-state index in [-0.39, 0.29) is 6.08 Å². The highest BCUT2D eigenvalue weighted by Gasteiger charge is 2.38. The summed E-state index contributed by atoms with van der Waals surface area (Å²) < 4.78 is 42.5. The van der Waals surface area contributed by atoms with Crippen LogP contribution in [-0.2, 0) is 11.3 Å². The maximum absolute atomic E-state index is 11.8. The van der Waals surface area contributed by atoms with Crippen molar-refractivity contribution in [1.82, 2.24) is 14.8 Å². The van der Waals surface area contributed by atoms with Crippen molar-refractivity contribution in [2.24, 2.45) is 0 Å². The first-order valence-electron chi connectivity index (χ1n) is 9.41. The van der Waals surface area contributed by atoms with Crippen LogP contribution < -0.4 is 15.8 Å². The second-order valence-electron chi connectivity index (χ2n) is 6.58. The summed E-state index contributed by atoms with van der Waals surface area (Å²) in [6.07, 6.45) is -5.17. The van der Waals surface area contributed by atoms with Gasteiger partial charge in [0.25, 0.3) is 0 Å². The number of rotatable bonds is 5. The van der Waals surface area contributed by atoms with E-state index in [9.17, 15) is 18.0 Å². The zero-order valence-electron chi connectivity index (χ0n) is 17.3. The fraction of sp³-hybridized carbons (Fsp3) is 0.143. The zero-order chi connectivity index (χ0) is 24.9. The standard InChI is InChI=1S/C19H15ClN4O3.C2HF3O2/c1-26-18-23-24(19(25)27-18)15-8-6-14(7-9-15)21-11-13-10-12-4-2-3-5-16(12)22-17(13)20;3-2(4,5)1(6)7/h2-10,21H,11H2,1H3;(H,6,7). The fourth-order valence-electron chi connectivity index (χ4n) is 2.68.